The molecule has 2 aromatic carbocycles. The molecule has 1 N–H and O–H groups in total. The number of ether oxygens (including phenoxy) is 1. The van der Waals surface area contributed by atoms with E-state index in [2.05, 4.69) is 21.2 Å². The molecule has 1 amide bonds. The molecule has 0 atom stereocenters. The Bertz CT molecular complexity index is 623. The quantitative estimate of drug-likeness (QED) is 0.806. The molecule has 0 saturated carbocycles. The summed E-state index contributed by atoms with van der Waals surface area (Å²) in [5.74, 6) is 0.559. The Hall–Kier alpha value is -1.81. The van der Waals surface area contributed by atoms with Gasteiger partial charge in [0.15, 0.2) is 0 Å². The van der Waals surface area contributed by atoms with Gasteiger partial charge in [-0.05, 0) is 49.2 Å². The van der Waals surface area contributed by atoms with Crippen LogP contribution in [0.5, 0.6) is 5.75 Å². The first kappa shape index (κ1) is 15.6. The molecule has 3 nitrogen and oxygen atoms in total. The van der Waals surface area contributed by atoms with E-state index in [1.807, 2.05) is 56.3 Å². The summed E-state index contributed by atoms with van der Waals surface area (Å²) >= 11 is 3.39. The summed E-state index contributed by atoms with van der Waals surface area (Å²) in [4.78, 5) is 12.3. The summed E-state index contributed by atoms with van der Waals surface area (Å²) < 4.78 is 5.57. The monoisotopic (exact) mass is 347 g/mol. The Morgan fingerprint density at radius 1 is 1.19 bits per heavy atom. The first-order chi connectivity index (χ1) is 10.1. The average Bonchev–Trinajstić information content (AvgIpc) is 2.50. The number of carbonyl (C=O) groups is 1. The van der Waals surface area contributed by atoms with Crippen molar-refractivity contribution in [2.24, 2.45) is 0 Å². The Balaban J connectivity index is 2.18. The van der Waals surface area contributed by atoms with Crippen LogP contribution in [0, 0.1) is 6.92 Å². The van der Waals surface area contributed by atoms with E-state index in [1.165, 1.54) is 0 Å². The molecule has 0 aliphatic carbocycles. The Morgan fingerprint density at radius 2 is 1.90 bits per heavy atom. The van der Waals surface area contributed by atoms with Crippen LogP contribution in [-0.2, 0) is 5.33 Å². The molecule has 110 valence electrons. The summed E-state index contributed by atoms with van der Waals surface area (Å²) in [5.41, 5.74) is 3.55. The molecule has 0 aliphatic heterocycles. The molecule has 2 rings (SSSR count). The van der Waals surface area contributed by atoms with Crippen LogP contribution in [0.3, 0.4) is 0 Å². The van der Waals surface area contributed by atoms with Gasteiger partial charge >= 0.3 is 0 Å². The Morgan fingerprint density at radius 3 is 2.52 bits per heavy atom. The van der Waals surface area contributed by atoms with Crippen LogP contribution in [-0.4, -0.2) is 12.5 Å². The normalized spacial score (nSPS) is 10.2. The highest BCUT2D eigenvalue weighted by atomic mass is 79.9. The third-order valence-corrected chi connectivity index (χ3v) is 3.70. The molecule has 2 aromatic rings. The van der Waals surface area contributed by atoms with Gasteiger partial charge in [0.25, 0.3) is 5.91 Å². The van der Waals surface area contributed by atoms with E-state index in [-0.39, 0.29) is 5.91 Å². The van der Waals surface area contributed by atoms with E-state index >= 15 is 0 Å². The second-order valence-electron chi connectivity index (χ2n) is 4.72. The van der Waals surface area contributed by atoms with Crippen molar-refractivity contribution >= 4 is 27.5 Å². The Kier molecular flexibility index (Phi) is 5.39. The van der Waals surface area contributed by atoms with Crippen LogP contribution in [0.15, 0.2) is 42.5 Å². The van der Waals surface area contributed by atoms with Gasteiger partial charge in [0.2, 0.25) is 0 Å². The molecule has 0 bridgehead atoms. The van der Waals surface area contributed by atoms with E-state index < -0.39 is 0 Å². The highest BCUT2D eigenvalue weighted by Crippen LogP contribution is 2.26. The van der Waals surface area contributed by atoms with Gasteiger partial charge in [-0.2, -0.15) is 0 Å². The predicted molar refractivity (Wildman–Crippen MR) is 89.4 cm³/mol. The molecule has 0 saturated heterocycles. The van der Waals surface area contributed by atoms with Crippen LogP contribution < -0.4 is 10.1 Å². The lowest BCUT2D eigenvalue weighted by atomic mass is 10.1. The third kappa shape index (κ3) is 4.08. The SMILES string of the molecule is CCOc1cc(C)ccc1NC(=O)c1ccc(CBr)cc1. The number of carbonyl (C=O) groups excluding carboxylic acids is 1. The molecule has 4 heteroatoms. The molecule has 0 radical (unpaired) electrons. The standard InChI is InChI=1S/C17H18BrNO2/c1-3-21-16-10-12(2)4-9-15(16)19-17(20)14-7-5-13(11-18)6-8-14/h4-10H,3,11H2,1-2H3,(H,19,20). The van der Waals surface area contributed by atoms with E-state index in [0.717, 1.165) is 16.5 Å². The van der Waals surface area contributed by atoms with E-state index in [1.54, 1.807) is 0 Å². The minimum Gasteiger partial charge on any atom is -0.492 e. The minimum atomic E-state index is -0.138. The average molecular weight is 348 g/mol. The zero-order chi connectivity index (χ0) is 15.2. The van der Waals surface area contributed by atoms with Crippen LogP contribution in [0.25, 0.3) is 0 Å². The summed E-state index contributed by atoms with van der Waals surface area (Å²) in [6, 6.07) is 13.2. The molecule has 0 unspecified atom stereocenters. The van der Waals surface area contributed by atoms with Crippen molar-refractivity contribution in [3.63, 3.8) is 0 Å². The van der Waals surface area contributed by atoms with E-state index in [9.17, 15) is 4.79 Å². The smallest absolute Gasteiger partial charge is 0.255 e. The number of benzene rings is 2. The summed E-state index contributed by atoms with van der Waals surface area (Å²) in [6.45, 7) is 4.48. The number of hydrogen-bond donors (Lipinski definition) is 1. The van der Waals surface area contributed by atoms with Gasteiger partial charge in [0.1, 0.15) is 5.75 Å². The van der Waals surface area contributed by atoms with Crippen LogP contribution in [0.4, 0.5) is 5.69 Å². The largest absolute Gasteiger partial charge is 0.492 e. The molecule has 21 heavy (non-hydrogen) atoms. The molecule has 0 heterocycles. The maximum Gasteiger partial charge on any atom is 0.255 e. The van der Waals surface area contributed by atoms with Crippen molar-refractivity contribution in [3.05, 3.63) is 59.2 Å². The van der Waals surface area contributed by atoms with Crippen molar-refractivity contribution in [1.82, 2.24) is 0 Å². The number of nitrogens with one attached hydrogen (secondary N) is 1. The zero-order valence-corrected chi connectivity index (χ0v) is 13.7. The van der Waals surface area contributed by atoms with Crippen molar-refractivity contribution < 1.29 is 9.53 Å². The van der Waals surface area contributed by atoms with Gasteiger partial charge in [0.05, 0.1) is 12.3 Å². The fourth-order valence-corrected chi connectivity index (χ4v) is 2.32. The highest BCUT2D eigenvalue weighted by Gasteiger charge is 2.10. The lowest BCUT2D eigenvalue weighted by molar-refractivity contribution is 0.102. The first-order valence-electron chi connectivity index (χ1n) is 6.83. The van der Waals surface area contributed by atoms with Crippen molar-refractivity contribution in [2.75, 3.05) is 11.9 Å². The third-order valence-electron chi connectivity index (χ3n) is 3.06. The number of rotatable bonds is 5. The zero-order valence-electron chi connectivity index (χ0n) is 12.2. The lowest BCUT2D eigenvalue weighted by Gasteiger charge is -2.12. The van der Waals surface area contributed by atoms with Crippen LogP contribution >= 0.6 is 15.9 Å². The van der Waals surface area contributed by atoms with Gasteiger partial charge in [-0.3, -0.25) is 4.79 Å². The fourth-order valence-electron chi connectivity index (χ4n) is 1.95. The predicted octanol–water partition coefficient (Wildman–Crippen LogP) is 4.54. The molecule has 0 spiro atoms. The first-order valence-corrected chi connectivity index (χ1v) is 7.96. The topological polar surface area (TPSA) is 38.3 Å². The van der Waals surface area contributed by atoms with Crippen LogP contribution in [0.2, 0.25) is 0 Å². The van der Waals surface area contributed by atoms with Gasteiger partial charge < -0.3 is 10.1 Å². The number of aryl methyl sites for hydroxylation is 1. The van der Waals surface area contributed by atoms with E-state index in [4.69, 9.17) is 4.74 Å². The van der Waals surface area contributed by atoms with E-state index in [0.29, 0.717) is 23.6 Å². The Labute approximate surface area is 133 Å². The van der Waals surface area contributed by atoms with Gasteiger partial charge in [-0.1, -0.05) is 34.1 Å². The molecule has 0 fully saturated rings. The lowest BCUT2D eigenvalue weighted by Crippen LogP contribution is -2.13. The molecule has 0 aromatic heterocycles. The van der Waals surface area contributed by atoms with Gasteiger partial charge in [0, 0.05) is 10.9 Å². The minimum absolute atomic E-state index is 0.138. The second kappa shape index (κ2) is 7.27. The maximum absolute atomic E-state index is 12.3. The number of amides is 1. The van der Waals surface area contributed by atoms with Crippen molar-refractivity contribution in [2.45, 2.75) is 19.2 Å². The molecular formula is C17H18BrNO2. The molecular weight excluding hydrogens is 330 g/mol. The molecule has 0 aliphatic rings. The second-order valence-corrected chi connectivity index (χ2v) is 5.28. The number of halogens is 1. The number of anilines is 1. The fraction of sp³-hybridized carbons (Fsp3) is 0.235. The maximum atomic E-state index is 12.3. The van der Waals surface area contributed by atoms with Gasteiger partial charge in [-0.25, -0.2) is 0 Å². The summed E-state index contributed by atoms with van der Waals surface area (Å²) in [6.07, 6.45) is 0. The number of alkyl halides is 1. The van der Waals surface area contributed by atoms with Crippen molar-refractivity contribution in [1.29, 1.82) is 0 Å². The van der Waals surface area contributed by atoms with Gasteiger partial charge in [-0.15, -0.1) is 0 Å². The summed E-state index contributed by atoms with van der Waals surface area (Å²) in [5, 5.41) is 3.68. The van der Waals surface area contributed by atoms with Crippen LogP contribution in [0.1, 0.15) is 28.4 Å². The van der Waals surface area contributed by atoms with Crippen molar-refractivity contribution in [3.8, 4) is 5.75 Å². The highest BCUT2D eigenvalue weighted by molar-refractivity contribution is 9.08. The number of hydrogen-bond acceptors (Lipinski definition) is 2. The summed E-state index contributed by atoms with van der Waals surface area (Å²) in [7, 11) is 0.